The third-order valence-electron chi connectivity index (χ3n) is 6.51. The first-order valence-corrected chi connectivity index (χ1v) is 11.9. The molecule has 1 aliphatic carbocycles. The predicted molar refractivity (Wildman–Crippen MR) is 141 cm³/mol. The molecule has 0 unspecified atom stereocenters. The van der Waals surface area contributed by atoms with Gasteiger partial charge >= 0.3 is 0 Å². The van der Waals surface area contributed by atoms with E-state index < -0.39 is 6.04 Å². The molecule has 1 aliphatic rings. The molecule has 0 bridgehead atoms. The topological polar surface area (TPSA) is 67.0 Å². The number of terminal acetylenes is 1. The molecule has 1 aromatic heterocycles. The van der Waals surface area contributed by atoms with Crippen molar-refractivity contribution in [2.45, 2.75) is 44.8 Å². The van der Waals surface area contributed by atoms with Crippen molar-refractivity contribution in [3.05, 3.63) is 75.7 Å². The zero-order valence-electron chi connectivity index (χ0n) is 20.1. The molecule has 0 aliphatic heterocycles. The van der Waals surface area contributed by atoms with Crippen molar-refractivity contribution in [1.29, 1.82) is 5.26 Å². The standard InChI is InChI=1S/C29H29FN3O2.2H2/c1-4-6-7-12-35-23(5-2)18-32-22(17-31)13-21-9-8-19(14-27(21)30)20-10-11-24-25-16-26(25)29(34)33(3)28(24)15-20;;/h1,8-11,14-16,22-23,32H,5-7,12-13,18H2,2-3H3;2*1H/t22-,23-;;/m0../s1. The highest BCUT2D eigenvalue weighted by molar-refractivity contribution is 5.94. The smallest absolute Gasteiger partial charge is 0.254 e. The summed E-state index contributed by atoms with van der Waals surface area (Å²) in [5, 5.41) is 13.8. The number of aryl methyl sites for hydroxylation is 1. The highest BCUT2D eigenvalue weighted by Crippen LogP contribution is 2.36. The summed E-state index contributed by atoms with van der Waals surface area (Å²) in [6.45, 7) is 3.13. The van der Waals surface area contributed by atoms with Crippen LogP contribution in [0.25, 0.3) is 22.0 Å². The molecule has 6 heteroatoms. The molecule has 4 rings (SSSR count). The lowest BCUT2D eigenvalue weighted by atomic mass is 9.99. The van der Waals surface area contributed by atoms with Gasteiger partial charge in [0, 0.05) is 53.3 Å². The molecule has 1 N–H and O–H groups in total. The average molecular weight is 475 g/mol. The number of ether oxygens (including phenoxy) is 1. The summed E-state index contributed by atoms with van der Waals surface area (Å²) in [6.07, 6.45) is 9.68. The summed E-state index contributed by atoms with van der Waals surface area (Å²) in [5.41, 5.74) is 4.61. The minimum Gasteiger partial charge on any atom is -0.377 e. The molecule has 1 radical (unpaired) electrons. The highest BCUT2D eigenvalue weighted by Gasteiger charge is 2.26. The monoisotopic (exact) mass is 474 g/mol. The van der Waals surface area contributed by atoms with E-state index in [-0.39, 0.29) is 26.8 Å². The number of unbranched alkanes of at least 4 members (excludes halogenated alkanes) is 1. The minimum atomic E-state index is -0.528. The van der Waals surface area contributed by atoms with Crippen LogP contribution in [0.1, 0.15) is 45.7 Å². The first kappa shape index (κ1) is 24.7. The van der Waals surface area contributed by atoms with E-state index in [0.29, 0.717) is 25.1 Å². The van der Waals surface area contributed by atoms with E-state index in [1.807, 2.05) is 37.6 Å². The normalized spacial score (nSPS) is 13.6. The van der Waals surface area contributed by atoms with Crippen LogP contribution in [0, 0.1) is 35.9 Å². The van der Waals surface area contributed by atoms with E-state index in [4.69, 9.17) is 11.2 Å². The lowest BCUT2D eigenvalue weighted by Crippen LogP contribution is -2.37. The second-order valence-electron chi connectivity index (χ2n) is 8.88. The van der Waals surface area contributed by atoms with Crippen LogP contribution < -0.4 is 10.9 Å². The maximum absolute atomic E-state index is 15.0. The van der Waals surface area contributed by atoms with Gasteiger partial charge < -0.3 is 9.30 Å². The third kappa shape index (κ3) is 5.46. The first-order chi connectivity index (χ1) is 17.0. The number of nitrogens with one attached hydrogen (secondary N) is 1. The van der Waals surface area contributed by atoms with Crippen molar-refractivity contribution in [1.82, 2.24) is 9.88 Å². The molecule has 2 atom stereocenters. The number of hydrogen-bond acceptors (Lipinski definition) is 4. The number of nitrogens with zero attached hydrogens (tertiary/aromatic N) is 2. The van der Waals surface area contributed by atoms with Crippen molar-refractivity contribution in [3.63, 3.8) is 0 Å². The van der Waals surface area contributed by atoms with Gasteiger partial charge in [-0.1, -0.05) is 31.2 Å². The molecule has 183 valence electrons. The van der Waals surface area contributed by atoms with Gasteiger partial charge in [0.05, 0.1) is 23.7 Å². The van der Waals surface area contributed by atoms with Gasteiger partial charge in [0.1, 0.15) is 5.82 Å². The van der Waals surface area contributed by atoms with Crippen LogP contribution in [0.4, 0.5) is 4.39 Å². The minimum absolute atomic E-state index is 0. The SMILES string of the molecule is C#CCCCO[C@@H](CC)CN[C@H](C#N)Cc1ccc(-c2ccc3c4c(c(=O)n(C)c3c2)[CH]4)cc1F.[HH].[HH]. The molecule has 1 heterocycles. The van der Waals surface area contributed by atoms with Gasteiger partial charge in [-0.15, -0.1) is 12.3 Å². The van der Waals surface area contributed by atoms with E-state index >= 15 is 4.39 Å². The Hall–Kier alpha value is -3.45. The second-order valence-corrected chi connectivity index (χ2v) is 8.88. The maximum atomic E-state index is 15.0. The van der Waals surface area contributed by atoms with E-state index in [1.54, 1.807) is 17.7 Å². The molecule has 2 aromatic carbocycles. The van der Waals surface area contributed by atoms with Crippen LogP contribution in [-0.2, 0) is 18.2 Å². The Kier molecular flexibility index (Phi) is 7.66. The van der Waals surface area contributed by atoms with Crippen LogP contribution >= 0.6 is 0 Å². The van der Waals surface area contributed by atoms with Gasteiger partial charge in [-0.2, -0.15) is 5.26 Å². The third-order valence-corrected chi connectivity index (χ3v) is 6.51. The van der Waals surface area contributed by atoms with Crippen molar-refractivity contribution in [2.75, 3.05) is 13.2 Å². The first-order valence-electron chi connectivity index (χ1n) is 11.9. The van der Waals surface area contributed by atoms with Crippen LogP contribution in [0.5, 0.6) is 0 Å². The summed E-state index contributed by atoms with van der Waals surface area (Å²) in [4.78, 5) is 12.3. The maximum Gasteiger partial charge on any atom is 0.254 e. The van der Waals surface area contributed by atoms with Gasteiger partial charge in [0.15, 0.2) is 0 Å². The van der Waals surface area contributed by atoms with E-state index in [2.05, 4.69) is 17.3 Å². The molecule has 3 aromatic rings. The van der Waals surface area contributed by atoms with Gasteiger partial charge in [0.25, 0.3) is 5.56 Å². The molecular formula is C29H33FN3O2. The van der Waals surface area contributed by atoms with Crippen LogP contribution in [0.3, 0.4) is 0 Å². The molecule has 0 saturated carbocycles. The number of fused-ring (bicyclic) bond motifs is 3. The summed E-state index contributed by atoms with van der Waals surface area (Å²) in [7, 11) is 1.76. The summed E-state index contributed by atoms with van der Waals surface area (Å²) in [5.74, 6) is 2.24. The van der Waals surface area contributed by atoms with Gasteiger partial charge in [-0.3, -0.25) is 10.1 Å². The predicted octanol–water partition coefficient (Wildman–Crippen LogP) is 4.98. The zero-order chi connectivity index (χ0) is 24.9. The van der Waals surface area contributed by atoms with Crippen molar-refractivity contribution < 1.29 is 12.0 Å². The van der Waals surface area contributed by atoms with Crippen LogP contribution in [0.2, 0.25) is 0 Å². The summed E-state index contributed by atoms with van der Waals surface area (Å²) < 4.78 is 22.5. The Morgan fingerprint density at radius 3 is 2.71 bits per heavy atom. The van der Waals surface area contributed by atoms with Crippen LogP contribution in [0.15, 0.2) is 41.2 Å². The highest BCUT2D eigenvalue weighted by atomic mass is 19.1. The second kappa shape index (κ2) is 10.9. The fraction of sp³-hybridized carbons (Fsp3) is 0.345. The average Bonchev–Trinajstić information content (AvgIpc) is 3.68. The molecule has 5 nitrogen and oxygen atoms in total. The lowest BCUT2D eigenvalue weighted by Gasteiger charge is -2.19. The van der Waals surface area contributed by atoms with Gasteiger partial charge in [-0.25, -0.2) is 4.39 Å². The molecular weight excluding hydrogens is 441 g/mol. The quantitative estimate of drug-likeness (QED) is 0.246. The van der Waals surface area contributed by atoms with E-state index in [0.717, 1.165) is 46.0 Å². The Labute approximate surface area is 208 Å². The van der Waals surface area contributed by atoms with Gasteiger partial charge in [-0.05, 0) is 47.2 Å². The fourth-order valence-corrected chi connectivity index (χ4v) is 4.31. The molecule has 35 heavy (non-hydrogen) atoms. The number of aromatic nitrogens is 1. The molecule has 0 saturated heterocycles. The molecule has 0 amide bonds. The Morgan fingerprint density at radius 1 is 1.23 bits per heavy atom. The van der Waals surface area contributed by atoms with Crippen molar-refractivity contribution in [3.8, 4) is 29.5 Å². The van der Waals surface area contributed by atoms with Crippen molar-refractivity contribution in [2.24, 2.45) is 7.05 Å². The molecule has 0 fully saturated rings. The largest absolute Gasteiger partial charge is 0.377 e. The number of hydrogen-bond donors (Lipinski definition) is 1. The Bertz CT molecular complexity index is 1390. The zero-order valence-corrected chi connectivity index (χ0v) is 20.1. The summed E-state index contributed by atoms with van der Waals surface area (Å²) >= 11 is 0. The summed E-state index contributed by atoms with van der Waals surface area (Å²) in [6, 6.07) is 12.6. The Morgan fingerprint density at radius 2 is 2.00 bits per heavy atom. The van der Waals surface area contributed by atoms with Crippen LogP contribution in [-0.4, -0.2) is 29.9 Å². The van der Waals surface area contributed by atoms with E-state index in [9.17, 15) is 10.1 Å². The number of halogens is 1. The number of rotatable bonds is 11. The molecule has 0 spiro atoms. The number of nitriles is 1. The Balaban J connectivity index is 0.00000241. The van der Waals surface area contributed by atoms with Crippen molar-refractivity contribution >= 4 is 10.9 Å². The van der Waals surface area contributed by atoms with E-state index in [1.165, 1.54) is 6.07 Å². The number of pyridine rings is 1. The lowest BCUT2D eigenvalue weighted by molar-refractivity contribution is 0.0489. The van der Waals surface area contributed by atoms with Gasteiger partial charge in [0.2, 0.25) is 0 Å². The fourth-order valence-electron chi connectivity index (χ4n) is 4.31. The number of benzene rings is 2.